The van der Waals surface area contributed by atoms with Crippen LogP contribution >= 0.6 is 0 Å². The molecule has 20 heavy (non-hydrogen) atoms. The highest BCUT2D eigenvalue weighted by molar-refractivity contribution is 5.69. The summed E-state index contributed by atoms with van der Waals surface area (Å²) in [6.07, 6.45) is 4.47. The molecular weight excluding hydrogens is 256 g/mol. The van der Waals surface area contributed by atoms with E-state index in [9.17, 15) is 9.90 Å². The smallest absolute Gasteiger partial charge is 0.408 e. The number of aliphatic hydroxyl groups excluding tert-OH is 1. The lowest BCUT2D eigenvalue weighted by atomic mass is 9.64. The van der Waals surface area contributed by atoms with Crippen molar-refractivity contribution in [2.75, 3.05) is 13.2 Å². The molecule has 1 fully saturated rings. The van der Waals surface area contributed by atoms with E-state index in [2.05, 4.69) is 5.32 Å². The molecule has 1 unspecified atom stereocenters. The van der Waals surface area contributed by atoms with Gasteiger partial charge in [0.15, 0.2) is 0 Å². The maximum Gasteiger partial charge on any atom is 0.408 e. The van der Waals surface area contributed by atoms with Crippen LogP contribution in [0.1, 0.15) is 59.8 Å². The Kier molecular flexibility index (Phi) is 5.44. The molecule has 118 valence electrons. The Morgan fingerprint density at radius 3 is 2.20 bits per heavy atom. The summed E-state index contributed by atoms with van der Waals surface area (Å²) in [5.41, 5.74) is 4.36. The molecule has 0 aromatic rings. The van der Waals surface area contributed by atoms with Crippen molar-refractivity contribution in [2.45, 2.75) is 70.9 Å². The van der Waals surface area contributed by atoms with Gasteiger partial charge in [-0.05, 0) is 33.6 Å². The Balaban J connectivity index is 2.92. The molecule has 1 aliphatic rings. The van der Waals surface area contributed by atoms with Gasteiger partial charge in [-0.15, -0.1) is 0 Å². The van der Waals surface area contributed by atoms with Crippen molar-refractivity contribution in [3.05, 3.63) is 0 Å². The van der Waals surface area contributed by atoms with Crippen LogP contribution in [0.15, 0.2) is 0 Å². The number of nitrogens with two attached hydrogens (primary N) is 1. The average molecular weight is 286 g/mol. The second-order valence-electron chi connectivity index (χ2n) is 7.19. The standard InChI is InChI=1S/C15H30N2O3/c1-13(2,3)20-12(19)17-15(8-6-5-7-9-15)14(4,10-16)11-18/h18H,5-11,16H2,1-4H3,(H,17,19). The van der Waals surface area contributed by atoms with E-state index in [4.69, 9.17) is 10.5 Å². The van der Waals surface area contributed by atoms with Crippen LogP contribution in [0, 0.1) is 5.41 Å². The van der Waals surface area contributed by atoms with E-state index < -0.39 is 22.6 Å². The van der Waals surface area contributed by atoms with E-state index >= 15 is 0 Å². The maximum atomic E-state index is 12.2. The molecule has 0 bridgehead atoms. The molecule has 5 heteroatoms. The Bertz CT molecular complexity index is 327. The van der Waals surface area contributed by atoms with Gasteiger partial charge in [0.05, 0.1) is 12.1 Å². The van der Waals surface area contributed by atoms with E-state index in [0.29, 0.717) is 6.54 Å². The molecule has 1 saturated carbocycles. The van der Waals surface area contributed by atoms with Crippen LogP contribution in [0.5, 0.6) is 0 Å². The minimum Gasteiger partial charge on any atom is -0.444 e. The highest BCUT2D eigenvalue weighted by Crippen LogP contribution is 2.42. The predicted octanol–water partition coefficient (Wildman–Crippen LogP) is 2.17. The molecule has 0 spiro atoms. The molecule has 0 aromatic carbocycles. The number of rotatable bonds is 4. The zero-order valence-corrected chi connectivity index (χ0v) is 13.3. The van der Waals surface area contributed by atoms with Gasteiger partial charge in [-0.25, -0.2) is 4.79 Å². The molecule has 1 amide bonds. The molecule has 1 aliphatic carbocycles. The first kappa shape index (κ1) is 17.2. The van der Waals surface area contributed by atoms with E-state index in [-0.39, 0.29) is 6.61 Å². The number of ether oxygens (including phenoxy) is 1. The van der Waals surface area contributed by atoms with E-state index in [0.717, 1.165) is 32.1 Å². The van der Waals surface area contributed by atoms with Crippen LogP contribution in [-0.2, 0) is 4.74 Å². The first-order valence-electron chi connectivity index (χ1n) is 7.50. The summed E-state index contributed by atoms with van der Waals surface area (Å²) < 4.78 is 5.38. The molecule has 0 radical (unpaired) electrons. The third-order valence-corrected chi connectivity index (χ3v) is 4.40. The van der Waals surface area contributed by atoms with Gasteiger partial charge in [-0.3, -0.25) is 0 Å². The average Bonchev–Trinajstić information content (AvgIpc) is 2.36. The Hall–Kier alpha value is -0.810. The highest BCUT2D eigenvalue weighted by atomic mass is 16.6. The normalized spacial score (nSPS) is 21.9. The molecular formula is C15H30N2O3. The van der Waals surface area contributed by atoms with E-state index in [1.807, 2.05) is 27.7 Å². The summed E-state index contributed by atoms with van der Waals surface area (Å²) in [4.78, 5) is 12.2. The quantitative estimate of drug-likeness (QED) is 0.739. The van der Waals surface area contributed by atoms with Crippen molar-refractivity contribution in [1.82, 2.24) is 5.32 Å². The third-order valence-electron chi connectivity index (χ3n) is 4.40. The van der Waals surface area contributed by atoms with Crippen LogP contribution in [0.3, 0.4) is 0 Å². The lowest BCUT2D eigenvalue weighted by molar-refractivity contribution is -0.00439. The van der Waals surface area contributed by atoms with Crippen LogP contribution < -0.4 is 11.1 Å². The Morgan fingerprint density at radius 1 is 1.25 bits per heavy atom. The fourth-order valence-electron chi connectivity index (χ4n) is 2.94. The summed E-state index contributed by atoms with van der Waals surface area (Å²) in [5.74, 6) is 0. The largest absolute Gasteiger partial charge is 0.444 e. The van der Waals surface area contributed by atoms with Gasteiger partial charge in [0.1, 0.15) is 5.60 Å². The molecule has 5 nitrogen and oxygen atoms in total. The molecule has 0 heterocycles. The fraction of sp³-hybridized carbons (Fsp3) is 0.933. The van der Waals surface area contributed by atoms with Gasteiger partial charge >= 0.3 is 6.09 Å². The number of nitrogens with one attached hydrogen (secondary N) is 1. The molecule has 1 rings (SSSR count). The van der Waals surface area contributed by atoms with Crippen molar-refractivity contribution in [3.63, 3.8) is 0 Å². The van der Waals surface area contributed by atoms with Gasteiger partial charge in [-0.2, -0.15) is 0 Å². The van der Waals surface area contributed by atoms with Crippen LogP contribution in [0.25, 0.3) is 0 Å². The number of hydrogen-bond donors (Lipinski definition) is 3. The Labute approximate surface area is 122 Å². The van der Waals surface area contributed by atoms with Crippen LogP contribution in [0.4, 0.5) is 4.79 Å². The predicted molar refractivity (Wildman–Crippen MR) is 79.4 cm³/mol. The van der Waals surface area contributed by atoms with Crippen molar-refractivity contribution in [1.29, 1.82) is 0 Å². The lowest BCUT2D eigenvalue weighted by Crippen LogP contribution is -2.64. The second-order valence-corrected chi connectivity index (χ2v) is 7.19. The molecule has 0 aliphatic heterocycles. The summed E-state index contributed by atoms with van der Waals surface area (Å²) in [7, 11) is 0. The monoisotopic (exact) mass is 286 g/mol. The van der Waals surface area contributed by atoms with Crippen LogP contribution in [-0.4, -0.2) is 35.5 Å². The molecule has 0 saturated heterocycles. The number of carbonyl (C=O) groups is 1. The fourth-order valence-corrected chi connectivity index (χ4v) is 2.94. The summed E-state index contributed by atoms with van der Waals surface area (Å²) in [5, 5.41) is 12.8. The molecule has 1 atom stereocenters. The number of aliphatic hydroxyl groups is 1. The summed E-state index contributed by atoms with van der Waals surface area (Å²) in [6.45, 7) is 7.76. The van der Waals surface area contributed by atoms with Gasteiger partial charge < -0.3 is 20.9 Å². The number of amides is 1. The molecule has 0 aromatic heterocycles. The van der Waals surface area contributed by atoms with E-state index in [1.165, 1.54) is 0 Å². The van der Waals surface area contributed by atoms with Gasteiger partial charge in [0, 0.05) is 12.0 Å². The first-order chi connectivity index (χ1) is 9.18. The minimum absolute atomic E-state index is 0.0424. The minimum atomic E-state index is -0.529. The van der Waals surface area contributed by atoms with Gasteiger partial charge in [0.25, 0.3) is 0 Å². The van der Waals surface area contributed by atoms with Crippen molar-refractivity contribution in [3.8, 4) is 0 Å². The van der Waals surface area contributed by atoms with Crippen molar-refractivity contribution < 1.29 is 14.6 Å². The Morgan fingerprint density at radius 2 is 1.80 bits per heavy atom. The number of hydrogen-bond acceptors (Lipinski definition) is 4. The van der Waals surface area contributed by atoms with Crippen molar-refractivity contribution >= 4 is 6.09 Å². The number of carbonyl (C=O) groups excluding carboxylic acids is 1. The maximum absolute atomic E-state index is 12.2. The summed E-state index contributed by atoms with van der Waals surface area (Å²) >= 11 is 0. The van der Waals surface area contributed by atoms with Gasteiger partial charge in [-0.1, -0.05) is 26.2 Å². The van der Waals surface area contributed by atoms with Crippen molar-refractivity contribution in [2.24, 2.45) is 11.1 Å². The SMILES string of the molecule is CC(C)(C)OC(=O)NC1(C(C)(CN)CO)CCCCC1. The zero-order valence-electron chi connectivity index (χ0n) is 13.3. The van der Waals surface area contributed by atoms with Gasteiger partial charge in [0.2, 0.25) is 0 Å². The molecule has 4 N–H and O–H groups in total. The lowest BCUT2D eigenvalue weighted by Gasteiger charge is -2.50. The zero-order chi connectivity index (χ0) is 15.4. The topological polar surface area (TPSA) is 84.6 Å². The van der Waals surface area contributed by atoms with Crippen LogP contribution in [0.2, 0.25) is 0 Å². The summed E-state index contributed by atoms with van der Waals surface area (Å²) in [6, 6.07) is 0. The third kappa shape index (κ3) is 3.85. The first-order valence-corrected chi connectivity index (χ1v) is 7.50. The highest BCUT2D eigenvalue weighted by Gasteiger charge is 2.49. The second kappa shape index (κ2) is 6.31. The number of alkyl carbamates (subject to hydrolysis) is 1. The van der Waals surface area contributed by atoms with E-state index in [1.54, 1.807) is 0 Å².